The largest absolute Gasteiger partial charge is 0.497 e. The highest BCUT2D eigenvalue weighted by atomic mass is 32.2. The minimum atomic E-state index is -3.72. The van der Waals surface area contributed by atoms with Gasteiger partial charge in [-0.05, 0) is 67.6 Å². The summed E-state index contributed by atoms with van der Waals surface area (Å²) in [5.41, 5.74) is 0.746. The van der Waals surface area contributed by atoms with Crippen molar-refractivity contribution < 1.29 is 22.4 Å². The molecular formula is C22H24N4O5S2. The number of aromatic nitrogens is 2. The zero-order valence-corrected chi connectivity index (χ0v) is 19.9. The van der Waals surface area contributed by atoms with E-state index in [0.29, 0.717) is 31.0 Å². The number of carbonyl (C=O) groups is 1. The molecule has 0 bridgehead atoms. The lowest BCUT2D eigenvalue weighted by atomic mass is 9.99. The first-order valence-corrected chi connectivity index (χ1v) is 13.0. The van der Waals surface area contributed by atoms with Crippen molar-refractivity contribution in [1.29, 1.82) is 0 Å². The van der Waals surface area contributed by atoms with Crippen LogP contribution in [0.3, 0.4) is 0 Å². The van der Waals surface area contributed by atoms with E-state index >= 15 is 0 Å². The monoisotopic (exact) mass is 488 g/mol. The van der Waals surface area contributed by atoms with Gasteiger partial charge in [-0.1, -0.05) is 5.10 Å². The first-order chi connectivity index (χ1) is 15.9. The number of benzene rings is 2. The Hall–Kier alpha value is -2.89. The van der Waals surface area contributed by atoms with Crippen LogP contribution >= 0.6 is 11.8 Å². The molecule has 33 heavy (non-hydrogen) atoms. The van der Waals surface area contributed by atoms with Crippen molar-refractivity contribution in [3.05, 3.63) is 48.5 Å². The molecule has 0 saturated carbocycles. The van der Waals surface area contributed by atoms with Crippen LogP contribution in [0.1, 0.15) is 12.8 Å². The van der Waals surface area contributed by atoms with E-state index in [1.54, 1.807) is 23.9 Å². The standard InChI is InChI=1S/C22H24N4O5S2/c1-30-17-7-11-19(12-8-17)33(28,29)26-13-3-4-16(14-26)20(27)23-22-25-24-21(31-22)15-5-9-18(32-2)10-6-15/h5-12,16H,3-4,13-14H2,1-2H3,(H,23,25,27). The molecule has 0 radical (unpaired) electrons. The molecule has 1 atom stereocenters. The van der Waals surface area contributed by atoms with E-state index in [0.717, 1.165) is 10.5 Å². The Balaban J connectivity index is 1.42. The minimum absolute atomic E-state index is 0.0147. The molecule has 1 aliphatic heterocycles. The van der Waals surface area contributed by atoms with E-state index in [-0.39, 0.29) is 23.4 Å². The van der Waals surface area contributed by atoms with Gasteiger partial charge >= 0.3 is 6.01 Å². The van der Waals surface area contributed by atoms with E-state index < -0.39 is 15.9 Å². The lowest BCUT2D eigenvalue weighted by molar-refractivity contribution is -0.121. The van der Waals surface area contributed by atoms with Crippen LogP contribution in [-0.2, 0) is 14.8 Å². The number of anilines is 1. The molecule has 11 heteroatoms. The second-order valence-corrected chi connectivity index (χ2v) is 10.3. The van der Waals surface area contributed by atoms with E-state index in [1.807, 2.05) is 30.5 Å². The van der Waals surface area contributed by atoms with Crippen molar-refractivity contribution in [2.24, 2.45) is 5.92 Å². The van der Waals surface area contributed by atoms with Crippen LogP contribution in [-0.4, -0.2) is 55.3 Å². The highest BCUT2D eigenvalue weighted by molar-refractivity contribution is 7.98. The second-order valence-electron chi connectivity index (χ2n) is 7.51. The Labute approximate surface area is 196 Å². The van der Waals surface area contributed by atoms with Crippen molar-refractivity contribution in [2.75, 3.05) is 31.8 Å². The number of carbonyl (C=O) groups excluding carboxylic acids is 1. The van der Waals surface area contributed by atoms with Gasteiger partial charge in [-0.2, -0.15) is 4.31 Å². The van der Waals surface area contributed by atoms with Gasteiger partial charge < -0.3 is 9.15 Å². The fourth-order valence-corrected chi connectivity index (χ4v) is 5.54. The lowest BCUT2D eigenvalue weighted by Crippen LogP contribution is -2.43. The first-order valence-electron chi connectivity index (χ1n) is 10.3. The fraction of sp³-hybridized carbons (Fsp3) is 0.318. The van der Waals surface area contributed by atoms with Crippen molar-refractivity contribution in [3.63, 3.8) is 0 Å². The topological polar surface area (TPSA) is 115 Å². The van der Waals surface area contributed by atoms with Gasteiger partial charge in [0.1, 0.15) is 5.75 Å². The maximum absolute atomic E-state index is 13.0. The van der Waals surface area contributed by atoms with E-state index in [4.69, 9.17) is 9.15 Å². The number of hydrogen-bond acceptors (Lipinski definition) is 8. The Morgan fingerprint density at radius 2 is 1.88 bits per heavy atom. The van der Waals surface area contributed by atoms with Gasteiger partial charge in [-0.15, -0.1) is 16.9 Å². The summed E-state index contributed by atoms with van der Waals surface area (Å²) in [5.74, 6) is -0.00479. The summed E-state index contributed by atoms with van der Waals surface area (Å²) in [5, 5.41) is 10.5. The summed E-state index contributed by atoms with van der Waals surface area (Å²) in [6.45, 7) is 0.437. The Morgan fingerprint density at radius 1 is 1.15 bits per heavy atom. The molecule has 1 aliphatic rings. The number of rotatable bonds is 7. The predicted molar refractivity (Wildman–Crippen MR) is 125 cm³/mol. The molecule has 1 fully saturated rings. The Kier molecular flexibility index (Phi) is 7.01. The molecule has 1 N–H and O–H groups in total. The highest BCUT2D eigenvalue weighted by Gasteiger charge is 2.34. The summed E-state index contributed by atoms with van der Waals surface area (Å²) < 4.78 is 38.1. The van der Waals surface area contributed by atoms with Crippen LogP contribution in [0.2, 0.25) is 0 Å². The normalized spacial score (nSPS) is 17.0. The number of hydrogen-bond donors (Lipinski definition) is 1. The van der Waals surface area contributed by atoms with Crippen molar-refractivity contribution in [2.45, 2.75) is 22.6 Å². The summed E-state index contributed by atoms with van der Waals surface area (Å²) in [6.07, 6.45) is 3.13. The smallest absolute Gasteiger partial charge is 0.322 e. The summed E-state index contributed by atoms with van der Waals surface area (Å²) in [6, 6.07) is 13.8. The Morgan fingerprint density at radius 3 is 2.55 bits per heavy atom. The molecule has 1 aromatic heterocycles. The summed E-state index contributed by atoms with van der Waals surface area (Å²) in [7, 11) is -2.20. The maximum Gasteiger partial charge on any atom is 0.322 e. The van der Waals surface area contributed by atoms with Crippen molar-refractivity contribution in [3.8, 4) is 17.2 Å². The van der Waals surface area contributed by atoms with Crippen LogP contribution in [0.4, 0.5) is 6.01 Å². The second kappa shape index (κ2) is 9.94. The van der Waals surface area contributed by atoms with Crippen LogP contribution in [0, 0.1) is 5.92 Å². The molecule has 4 rings (SSSR count). The van der Waals surface area contributed by atoms with Gasteiger partial charge in [0, 0.05) is 23.5 Å². The number of nitrogens with one attached hydrogen (secondary N) is 1. The Bertz CT molecular complexity index is 1210. The van der Waals surface area contributed by atoms with Gasteiger partial charge in [0.05, 0.1) is 17.9 Å². The molecule has 1 saturated heterocycles. The molecule has 174 valence electrons. The van der Waals surface area contributed by atoms with Crippen molar-refractivity contribution in [1.82, 2.24) is 14.5 Å². The van der Waals surface area contributed by atoms with E-state index in [1.165, 1.54) is 23.5 Å². The lowest BCUT2D eigenvalue weighted by Gasteiger charge is -2.30. The molecule has 3 aromatic rings. The number of methoxy groups -OCH3 is 1. The van der Waals surface area contributed by atoms with Crippen molar-refractivity contribution >= 4 is 33.7 Å². The number of sulfonamides is 1. The van der Waals surface area contributed by atoms with Gasteiger partial charge in [-0.25, -0.2) is 8.42 Å². The number of ether oxygens (including phenoxy) is 1. The minimum Gasteiger partial charge on any atom is -0.497 e. The van der Waals surface area contributed by atoms with Crippen LogP contribution in [0.25, 0.3) is 11.5 Å². The molecule has 1 amide bonds. The number of thioether (sulfide) groups is 1. The third-order valence-electron chi connectivity index (χ3n) is 5.44. The molecular weight excluding hydrogens is 464 g/mol. The molecule has 2 heterocycles. The molecule has 2 aromatic carbocycles. The van der Waals surface area contributed by atoms with Gasteiger partial charge in [0.15, 0.2) is 0 Å². The van der Waals surface area contributed by atoms with E-state index in [2.05, 4.69) is 15.5 Å². The third-order valence-corrected chi connectivity index (χ3v) is 8.07. The summed E-state index contributed by atoms with van der Waals surface area (Å²) in [4.78, 5) is 14.1. The number of nitrogens with zero attached hydrogens (tertiary/aromatic N) is 3. The first kappa shape index (κ1) is 23.3. The van der Waals surface area contributed by atoms with Crippen LogP contribution in [0.15, 0.2) is 62.7 Å². The average molecular weight is 489 g/mol. The zero-order valence-electron chi connectivity index (χ0n) is 18.2. The van der Waals surface area contributed by atoms with E-state index in [9.17, 15) is 13.2 Å². The third kappa shape index (κ3) is 5.21. The molecule has 0 aliphatic carbocycles. The summed E-state index contributed by atoms with van der Waals surface area (Å²) >= 11 is 1.63. The predicted octanol–water partition coefficient (Wildman–Crippen LogP) is 3.51. The zero-order chi connectivity index (χ0) is 23.4. The quantitative estimate of drug-likeness (QED) is 0.503. The molecule has 0 spiro atoms. The number of piperidine rings is 1. The average Bonchev–Trinajstić information content (AvgIpc) is 3.32. The highest BCUT2D eigenvalue weighted by Crippen LogP contribution is 2.27. The van der Waals surface area contributed by atoms with Gasteiger partial charge in [-0.3, -0.25) is 10.1 Å². The van der Waals surface area contributed by atoms with Crippen LogP contribution < -0.4 is 10.1 Å². The van der Waals surface area contributed by atoms with Gasteiger partial charge in [0.25, 0.3) is 0 Å². The molecule has 1 unspecified atom stereocenters. The van der Waals surface area contributed by atoms with Gasteiger partial charge in [0.2, 0.25) is 21.8 Å². The fourth-order valence-electron chi connectivity index (χ4n) is 3.60. The molecule has 9 nitrogen and oxygen atoms in total. The van der Waals surface area contributed by atoms with Crippen LogP contribution in [0.5, 0.6) is 5.75 Å². The SMILES string of the molecule is COc1ccc(S(=O)(=O)N2CCCC(C(=O)Nc3nnc(-c4ccc(SC)cc4)o3)C2)cc1. The number of amides is 1. The maximum atomic E-state index is 13.0.